The topological polar surface area (TPSA) is 120 Å². The number of hydrogen-bond donors (Lipinski definition) is 3. The number of aldehydes is 1. The molecule has 0 aliphatic carbocycles. The monoisotopic (exact) mass is 541 g/mol. The molecule has 0 aromatic heterocycles. The van der Waals surface area contributed by atoms with Crippen LogP contribution in [0.1, 0.15) is 142 Å². The predicted molar refractivity (Wildman–Crippen MR) is 155 cm³/mol. The van der Waals surface area contributed by atoms with Crippen LogP contribution in [-0.4, -0.2) is 50.6 Å². The van der Waals surface area contributed by atoms with Gasteiger partial charge in [0.05, 0.1) is 19.8 Å². The summed E-state index contributed by atoms with van der Waals surface area (Å²) in [6, 6.07) is -1.17. The van der Waals surface area contributed by atoms with Crippen molar-refractivity contribution < 1.29 is 23.9 Å². The highest BCUT2D eigenvalue weighted by Crippen LogP contribution is 2.14. The summed E-state index contributed by atoms with van der Waals surface area (Å²) < 4.78 is 10.1. The van der Waals surface area contributed by atoms with Gasteiger partial charge in [-0.2, -0.15) is 0 Å². The van der Waals surface area contributed by atoms with Crippen LogP contribution in [0.4, 0.5) is 0 Å². The standard InChI is InChI=1S/C30H59N3O5/c1-3-4-5-6-7-8-9-10-11-12-13-14-15-16-17-20-25-38-29(35)23-22-28(30(36)37-2)33-32-27(26-34)21-18-19-24-31/h26-28,32-33H,3-25,31H2,1-2H3/t27-,28?/m1/s1. The Hall–Kier alpha value is -1.51. The molecule has 2 atom stereocenters. The Morgan fingerprint density at radius 1 is 0.737 bits per heavy atom. The summed E-state index contributed by atoms with van der Waals surface area (Å²) in [4.78, 5) is 35.4. The summed E-state index contributed by atoms with van der Waals surface area (Å²) in [6.07, 6.45) is 24.3. The normalized spacial score (nSPS) is 12.7. The zero-order chi connectivity index (χ0) is 28.1. The molecule has 4 N–H and O–H groups in total. The Morgan fingerprint density at radius 2 is 1.26 bits per heavy atom. The van der Waals surface area contributed by atoms with Crippen LogP contribution in [0.15, 0.2) is 0 Å². The highest BCUT2D eigenvalue weighted by Gasteiger charge is 2.21. The summed E-state index contributed by atoms with van der Waals surface area (Å²) in [5.41, 5.74) is 11.2. The lowest BCUT2D eigenvalue weighted by molar-refractivity contribution is -0.146. The Labute approximate surface area is 232 Å². The molecule has 0 fully saturated rings. The maximum atomic E-state index is 12.1. The van der Waals surface area contributed by atoms with Crippen molar-refractivity contribution in [1.29, 1.82) is 0 Å². The summed E-state index contributed by atoms with van der Waals surface area (Å²) >= 11 is 0. The van der Waals surface area contributed by atoms with E-state index in [2.05, 4.69) is 17.8 Å². The molecule has 0 aliphatic heterocycles. The van der Waals surface area contributed by atoms with Crippen LogP contribution in [0.25, 0.3) is 0 Å². The lowest BCUT2D eigenvalue weighted by Gasteiger charge is -2.20. The average molecular weight is 542 g/mol. The van der Waals surface area contributed by atoms with Gasteiger partial charge in [0.15, 0.2) is 0 Å². The van der Waals surface area contributed by atoms with Gasteiger partial charge in [0.1, 0.15) is 12.3 Å². The molecule has 8 heteroatoms. The average Bonchev–Trinajstić information content (AvgIpc) is 2.93. The largest absolute Gasteiger partial charge is 0.468 e. The van der Waals surface area contributed by atoms with Crippen molar-refractivity contribution in [3.63, 3.8) is 0 Å². The molecule has 0 aromatic rings. The number of hydrazine groups is 1. The van der Waals surface area contributed by atoms with E-state index in [1.54, 1.807) is 0 Å². The molecule has 0 spiro atoms. The molecule has 8 nitrogen and oxygen atoms in total. The molecule has 0 aromatic carbocycles. The number of ether oxygens (including phenoxy) is 2. The molecule has 0 heterocycles. The van der Waals surface area contributed by atoms with E-state index in [4.69, 9.17) is 15.2 Å². The highest BCUT2D eigenvalue weighted by atomic mass is 16.5. The van der Waals surface area contributed by atoms with Crippen LogP contribution in [0.2, 0.25) is 0 Å². The number of unbranched alkanes of at least 4 members (excludes halogenated alkanes) is 16. The SMILES string of the molecule is CCCCCCCCCCCCCCCCCCOC(=O)CCC(NN[C@@H](C=O)CCCCN)C(=O)OC. The van der Waals surface area contributed by atoms with Crippen molar-refractivity contribution in [3.8, 4) is 0 Å². The number of nitrogens with two attached hydrogens (primary N) is 1. The van der Waals surface area contributed by atoms with Gasteiger partial charge in [0.2, 0.25) is 0 Å². The fourth-order valence-electron chi connectivity index (χ4n) is 4.45. The van der Waals surface area contributed by atoms with Gasteiger partial charge < -0.3 is 20.0 Å². The van der Waals surface area contributed by atoms with Crippen LogP contribution >= 0.6 is 0 Å². The molecule has 38 heavy (non-hydrogen) atoms. The Kier molecular flexibility index (Phi) is 27.4. The van der Waals surface area contributed by atoms with Gasteiger partial charge in [0.25, 0.3) is 0 Å². The van der Waals surface area contributed by atoms with E-state index in [0.29, 0.717) is 19.6 Å². The van der Waals surface area contributed by atoms with Crippen LogP contribution in [0.3, 0.4) is 0 Å². The minimum atomic E-state index is -0.736. The first-order valence-corrected chi connectivity index (χ1v) is 15.5. The van der Waals surface area contributed by atoms with E-state index in [0.717, 1.165) is 32.0 Å². The number of esters is 2. The second kappa shape index (κ2) is 28.5. The van der Waals surface area contributed by atoms with Crippen molar-refractivity contribution in [1.82, 2.24) is 10.9 Å². The summed E-state index contributed by atoms with van der Waals surface area (Å²) in [6.45, 7) is 3.26. The number of methoxy groups -OCH3 is 1. The van der Waals surface area contributed by atoms with Crippen molar-refractivity contribution in [2.45, 2.75) is 154 Å². The summed E-state index contributed by atoms with van der Waals surface area (Å²) in [5, 5.41) is 0. The van der Waals surface area contributed by atoms with Gasteiger partial charge in [-0.25, -0.2) is 10.9 Å². The van der Waals surface area contributed by atoms with Gasteiger partial charge in [-0.1, -0.05) is 110 Å². The van der Waals surface area contributed by atoms with E-state index in [-0.39, 0.29) is 18.8 Å². The Balaban J connectivity index is 3.71. The van der Waals surface area contributed by atoms with E-state index >= 15 is 0 Å². The highest BCUT2D eigenvalue weighted by molar-refractivity contribution is 5.77. The summed E-state index contributed by atoms with van der Waals surface area (Å²) in [5.74, 6) is -0.814. The minimum Gasteiger partial charge on any atom is -0.468 e. The number of carbonyl (C=O) groups is 3. The van der Waals surface area contributed by atoms with Gasteiger partial charge in [0, 0.05) is 6.42 Å². The third-order valence-corrected chi connectivity index (χ3v) is 6.96. The first-order chi connectivity index (χ1) is 18.6. The van der Waals surface area contributed by atoms with Crippen molar-refractivity contribution in [2.24, 2.45) is 5.73 Å². The molecule has 0 radical (unpaired) electrons. The van der Waals surface area contributed by atoms with E-state index in [1.165, 1.54) is 97.0 Å². The van der Waals surface area contributed by atoms with Crippen LogP contribution in [-0.2, 0) is 23.9 Å². The number of rotatable bonds is 29. The van der Waals surface area contributed by atoms with Crippen LogP contribution in [0, 0.1) is 0 Å². The molecule has 0 bridgehead atoms. The third kappa shape index (κ3) is 23.6. The van der Waals surface area contributed by atoms with E-state index < -0.39 is 18.1 Å². The fraction of sp³-hybridized carbons (Fsp3) is 0.900. The van der Waals surface area contributed by atoms with Crippen molar-refractivity contribution in [2.75, 3.05) is 20.3 Å². The minimum absolute atomic E-state index is 0.103. The molecule has 0 saturated carbocycles. The fourth-order valence-corrected chi connectivity index (χ4v) is 4.45. The number of nitrogens with one attached hydrogen (secondary N) is 2. The summed E-state index contributed by atoms with van der Waals surface area (Å²) in [7, 11) is 1.30. The first kappa shape index (κ1) is 36.5. The van der Waals surface area contributed by atoms with Crippen molar-refractivity contribution >= 4 is 18.2 Å². The Bertz CT molecular complexity index is 562. The predicted octanol–water partition coefficient (Wildman–Crippen LogP) is 5.90. The van der Waals surface area contributed by atoms with E-state index in [1.807, 2.05) is 0 Å². The maximum absolute atomic E-state index is 12.1. The molecular weight excluding hydrogens is 482 g/mol. The first-order valence-electron chi connectivity index (χ1n) is 15.5. The van der Waals surface area contributed by atoms with Crippen LogP contribution < -0.4 is 16.6 Å². The van der Waals surface area contributed by atoms with Gasteiger partial charge in [-0.15, -0.1) is 0 Å². The zero-order valence-corrected chi connectivity index (χ0v) is 24.6. The number of carbonyl (C=O) groups excluding carboxylic acids is 3. The lowest BCUT2D eigenvalue weighted by atomic mass is 10.0. The maximum Gasteiger partial charge on any atom is 0.324 e. The molecule has 0 amide bonds. The Morgan fingerprint density at radius 3 is 1.74 bits per heavy atom. The van der Waals surface area contributed by atoms with Crippen LogP contribution in [0.5, 0.6) is 0 Å². The molecule has 0 rings (SSSR count). The molecular formula is C30H59N3O5. The molecule has 0 aliphatic rings. The molecule has 1 unspecified atom stereocenters. The smallest absolute Gasteiger partial charge is 0.324 e. The van der Waals surface area contributed by atoms with Gasteiger partial charge in [-0.05, 0) is 32.2 Å². The molecule has 224 valence electrons. The third-order valence-electron chi connectivity index (χ3n) is 6.96. The zero-order valence-electron chi connectivity index (χ0n) is 24.6. The van der Waals surface area contributed by atoms with Crippen molar-refractivity contribution in [3.05, 3.63) is 0 Å². The molecule has 0 saturated heterocycles. The number of hydrogen-bond acceptors (Lipinski definition) is 8. The quantitative estimate of drug-likeness (QED) is 0.0463. The van der Waals surface area contributed by atoms with E-state index in [9.17, 15) is 14.4 Å². The lowest BCUT2D eigenvalue weighted by Crippen LogP contribution is -2.51. The van der Waals surface area contributed by atoms with Gasteiger partial charge in [-0.3, -0.25) is 9.59 Å². The van der Waals surface area contributed by atoms with Gasteiger partial charge >= 0.3 is 11.9 Å². The second-order valence-electron chi connectivity index (χ2n) is 10.5. The second-order valence-corrected chi connectivity index (χ2v) is 10.5.